The minimum atomic E-state index is 0.559. The molecule has 10 aromatic rings. The normalized spacial score (nSPS) is 11.4. The van der Waals surface area contributed by atoms with Crippen LogP contribution in [0.2, 0.25) is 0 Å². The Morgan fingerprint density at radius 1 is 0.509 bits per heavy atom. The zero-order valence-corrected chi connectivity index (χ0v) is 28.2. The third-order valence-electron chi connectivity index (χ3n) is 10.1. The first-order chi connectivity index (χ1) is 26.2. The van der Waals surface area contributed by atoms with Crippen molar-refractivity contribution in [2.24, 2.45) is 0 Å². The molecule has 0 spiro atoms. The van der Waals surface area contributed by atoms with Gasteiger partial charge in [-0.3, -0.25) is 0 Å². The van der Waals surface area contributed by atoms with Crippen LogP contribution in [0.25, 0.3) is 88.0 Å². The quantitative estimate of drug-likeness (QED) is 0.170. The molecule has 246 valence electrons. The van der Waals surface area contributed by atoms with E-state index in [2.05, 4.69) is 141 Å². The lowest BCUT2D eigenvalue weighted by Gasteiger charge is -2.13. The van der Waals surface area contributed by atoms with E-state index in [4.69, 9.17) is 11.7 Å². The van der Waals surface area contributed by atoms with Gasteiger partial charge in [-0.25, -0.2) is 9.53 Å². The Morgan fingerprint density at radius 3 is 1.64 bits per heavy atom. The number of hydrogen-bond acceptors (Lipinski definition) is 3. The van der Waals surface area contributed by atoms with Crippen molar-refractivity contribution < 1.29 is 0 Å². The van der Waals surface area contributed by atoms with Gasteiger partial charge in [-0.15, -0.1) is 5.10 Å². The second-order valence-electron chi connectivity index (χ2n) is 13.0. The molecule has 0 saturated carbocycles. The predicted molar refractivity (Wildman–Crippen MR) is 212 cm³/mol. The van der Waals surface area contributed by atoms with Gasteiger partial charge in [0.1, 0.15) is 11.4 Å². The first-order valence-electron chi connectivity index (χ1n) is 17.3. The van der Waals surface area contributed by atoms with E-state index in [1.54, 1.807) is 16.8 Å². The highest BCUT2D eigenvalue weighted by atomic mass is 15.4. The molecule has 0 radical (unpaired) electrons. The van der Waals surface area contributed by atoms with Crippen LogP contribution in [0.3, 0.4) is 0 Å². The lowest BCUT2D eigenvalue weighted by Crippen LogP contribution is -2.00. The third kappa shape index (κ3) is 4.73. The summed E-state index contributed by atoms with van der Waals surface area (Å²) in [7, 11) is 0. The lowest BCUT2D eigenvalue weighted by molar-refractivity contribution is 0.808. The van der Waals surface area contributed by atoms with Gasteiger partial charge in [-0.05, 0) is 72.8 Å². The number of aromatic nitrogens is 5. The largest absolute Gasteiger partial charge is 0.309 e. The Labute approximate surface area is 304 Å². The molecular weight excluding hydrogens is 651 g/mol. The zero-order chi connectivity index (χ0) is 35.5. The van der Waals surface area contributed by atoms with Gasteiger partial charge in [0.2, 0.25) is 0 Å². The van der Waals surface area contributed by atoms with Gasteiger partial charge in [-0.1, -0.05) is 96.2 Å². The number of nitriles is 1. The SMILES string of the molecule is [C-]#[N+]c1ccc(-c2c(-c3ccc4c(c3)c3ccccc3n4-c3cccc(-n4c5ccccc5c5ccccc54)c3)nnn2-c2ccc(C#N)cc2)cc1. The molecule has 7 aromatic carbocycles. The second kappa shape index (κ2) is 11.9. The fourth-order valence-electron chi connectivity index (χ4n) is 7.66. The molecule has 0 unspecified atom stereocenters. The smallest absolute Gasteiger partial charge is 0.187 e. The van der Waals surface area contributed by atoms with E-state index >= 15 is 0 Å². The van der Waals surface area contributed by atoms with Gasteiger partial charge in [0.15, 0.2) is 5.69 Å². The highest BCUT2D eigenvalue weighted by Gasteiger charge is 2.21. The molecule has 7 heteroatoms. The summed E-state index contributed by atoms with van der Waals surface area (Å²) in [6, 6.07) is 57.9. The van der Waals surface area contributed by atoms with Crippen LogP contribution < -0.4 is 0 Å². The number of para-hydroxylation sites is 3. The lowest BCUT2D eigenvalue weighted by atomic mass is 10.0. The molecule has 10 rings (SSSR count). The van der Waals surface area contributed by atoms with Crippen molar-refractivity contribution in [3.8, 4) is 45.6 Å². The molecule has 0 N–H and O–H groups in total. The van der Waals surface area contributed by atoms with Crippen molar-refractivity contribution >= 4 is 49.3 Å². The average Bonchev–Trinajstić information content (AvgIpc) is 3.91. The standard InChI is InChI=1S/C46H27N7/c1-48-33-22-19-31(20-23-33)46-45(49-50-53(46)34-24-17-30(29-47)18-25-34)32-21-26-44-40(27-32)39-13-4-7-16-43(39)52(44)36-10-8-9-35(28-36)51-41-14-5-2-11-37(41)38-12-3-6-15-42(38)51/h2-28H. The number of benzene rings is 7. The molecule has 0 atom stereocenters. The summed E-state index contributed by atoms with van der Waals surface area (Å²) in [6.07, 6.45) is 0. The van der Waals surface area contributed by atoms with Crippen molar-refractivity contribution in [1.29, 1.82) is 5.26 Å². The van der Waals surface area contributed by atoms with Crippen LogP contribution in [-0.4, -0.2) is 24.1 Å². The van der Waals surface area contributed by atoms with Gasteiger partial charge in [0, 0.05) is 44.0 Å². The minimum Gasteiger partial charge on any atom is -0.309 e. The molecule has 0 aliphatic heterocycles. The van der Waals surface area contributed by atoms with Crippen molar-refractivity contribution in [3.05, 3.63) is 181 Å². The van der Waals surface area contributed by atoms with E-state index in [1.807, 2.05) is 36.4 Å². The van der Waals surface area contributed by atoms with Crippen LogP contribution in [0.15, 0.2) is 164 Å². The van der Waals surface area contributed by atoms with Crippen molar-refractivity contribution in [2.75, 3.05) is 0 Å². The predicted octanol–water partition coefficient (Wildman–Crippen LogP) is 11.2. The molecule has 7 nitrogen and oxygen atoms in total. The van der Waals surface area contributed by atoms with Crippen LogP contribution in [0.4, 0.5) is 5.69 Å². The van der Waals surface area contributed by atoms with Gasteiger partial charge in [0.25, 0.3) is 0 Å². The molecule has 0 amide bonds. The molecule has 0 aliphatic carbocycles. The molecule has 53 heavy (non-hydrogen) atoms. The first kappa shape index (κ1) is 30.1. The summed E-state index contributed by atoms with van der Waals surface area (Å²) in [6.45, 7) is 7.47. The van der Waals surface area contributed by atoms with Gasteiger partial charge < -0.3 is 9.13 Å². The highest BCUT2D eigenvalue weighted by molar-refractivity contribution is 6.11. The third-order valence-corrected chi connectivity index (χ3v) is 10.1. The monoisotopic (exact) mass is 677 g/mol. The molecule has 0 fully saturated rings. The Balaban J connectivity index is 1.16. The van der Waals surface area contributed by atoms with E-state index in [1.165, 1.54) is 21.8 Å². The average molecular weight is 678 g/mol. The van der Waals surface area contributed by atoms with Gasteiger partial charge in [0.05, 0.1) is 46.0 Å². The number of fused-ring (bicyclic) bond motifs is 6. The van der Waals surface area contributed by atoms with Crippen LogP contribution in [0.1, 0.15) is 5.56 Å². The number of hydrogen-bond donors (Lipinski definition) is 0. The van der Waals surface area contributed by atoms with Crippen molar-refractivity contribution in [3.63, 3.8) is 0 Å². The van der Waals surface area contributed by atoms with Crippen LogP contribution >= 0.6 is 0 Å². The Kier molecular flexibility index (Phi) is 6.79. The first-order valence-corrected chi connectivity index (χ1v) is 17.3. The number of nitrogens with zero attached hydrogens (tertiary/aromatic N) is 7. The summed E-state index contributed by atoms with van der Waals surface area (Å²) in [4.78, 5) is 3.59. The summed E-state index contributed by atoms with van der Waals surface area (Å²) >= 11 is 0. The van der Waals surface area contributed by atoms with Crippen LogP contribution in [0.5, 0.6) is 0 Å². The molecule has 3 aromatic heterocycles. The van der Waals surface area contributed by atoms with Gasteiger partial charge in [-0.2, -0.15) is 5.26 Å². The Bertz CT molecular complexity index is 3070. The fourth-order valence-corrected chi connectivity index (χ4v) is 7.66. The number of rotatable bonds is 5. The van der Waals surface area contributed by atoms with Crippen LogP contribution in [0, 0.1) is 17.9 Å². The Morgan fingerprint density at radius 2 is 1.06 bits per heavy atom. The van der Waals surface area contributed by atoms with Crippen LogP contribution in [-0.2, 0) is 0 Å². The summed E-state index contributed by atoms with van der Waals surface area (Å²) in [5.74, 6) is 0. The van der Waals surface area contributed by atoms with Crippen molar-refractivity contribution in [1.82, 2.24) is 24.1 Å². The molecule has 0 aliphatic rings. The topological polar surface area (TPSA) is 68.7 Å². The second-order valence-corrected chi connectivity index (χ2v) is 13.0. The maximum absolute atomic E-state index is 9.39. The molecule has 0 saturated heterocycles. The van der Waals surface area contributed by atoms with E-state index in [-0.39, 0.29) is 0 Å². The fraction of sp³-hybridized carbons (Fsp3) is 0. The molecular formula is C46H27N7. The zero-order valence-electron chi connectivity index (χ0n) is 28.2. The summed E-state index contributed by atoms with van der Waals surface area (Å²) in [5.41, 5.74) is 11.9. The highest BCUT2D eigenvalue weighted by Crippen LogP contribution is 2.39. The minimum absolute atomic E-state index is 0.559. The summed E-state index contributed by atoms with van der Waals surface area (Å²) in [5, 5.41) is 23.5. The molecule has 3 heterocycles. The maximum atomic E-state index is 9.39. The molecule has 0 bridgehead atoms. The van der Waals surface area contributed by atoms with E-state index < -0.39 is 0 Å². The Hall–Kier alpha value is -7.74. The maximum Gasteiger partial charge on any atom is 0.187 e. The van der Waals surface area contributed by atoms with Gasteiger partial charge >= 0.3 is 0 Å². The summed E-state index contributed by atoms with van der Waals surface area (Å²) < 4.78 is 6.49. The van der Waals surface area contributed by atoms with E-state index in [9.17, 15) is 5.26 Å². The van der Waals surface area contributed by atoms with Crippen molar-refractivity contribution in [2.45, 2.75) is 0 Å². The van der Waals surface area contributed by atoms with E-state index in [0.717, 1.165) is 61.4 Å². The van der Waals surface area contributed by atoms with E-state index in [0.29, 0.717) is 11.3 Å².